The molecule has 21 heavy (non-hydrogen) atoms. The Kier molecular flexibility index (Phi) is 3.77. The van der Waals surface area contributed by atoms with E-state index >= 15 is 0 Å². The molecule has 0 spiro atoms. The summed E-state index contributed by atoms with van der Waals surface area (Å²) in [4.78, 5) is 31.2. The van der Waals surface area contributed by atoms with Crippen LogP contribution in [0.5, 0.6) is 0 Å². The number of aromatic nitrogens is 1. The highest BCUT2D eigenvalue weighted by Gasteiger charge is 2.27. The van der Waals surface area contributed by atoms with Gasteiger partial charge in [0.15, 0.2) is 0 Å². The van der Waals surface area contributed by atoms with Crippen molar-refractivity contribution in [2.24, 2.45) is 0 Å². The van der Waals surface area contributed by atoms with Crippen molar-refractivity contribution in [3.8, 4) is 0 Å². The van der Waals surface area contributed by atoms with Crippen LogP contribution in [0.15, 0.2) is 18.2 Å². The molecule has 0 saturated carbocycles. The van der Waals surface area contributed by atoms with E-state index < -0.39 is 0 Å². The van der Waals surface area contributed by atoms with E-state index in [1.807, 2.05) is 23.1 Å². The highest BCUT2D eigenvalue weighted by molar-refractivity contribution is 5.88. The van der Waals surface area contributed by atoms with Crippen molar-refractivity contribution in [1.29, 1.82) is 0 Å². The van der Waals surface area contributed by atoms with Crippen LogP contribution in [0.2, 0.25) is 0 Å². The molecule has 2 fully saturated rings. The van der Waals surface area contributed by atoms with Crippen LogP contribution in [-0.2, 0) is 9.53 Å². The van der Waals surface area contributed by atoms with Gasteiger partial charge in [0.25, 0.3) is 0 Å². The van der Waals surface area contributed by atoms with E-state index in [-0.39, 0.29) is 17.9 Å². The van der Waals surface area contributed by atoms with Crippen LogP contribution in [0.3, 0.4) is 0 Å². The molecule has 0 N–H and O–H groups in total. The van der Waals surface area contributed by atoms with Gasteiger partial charge in [-0.1, -0.05) is 6.07 Å². The summed E-state index contributed by atoms with van der Waals surface area (Å²) < 4.78 is 4.95. The van der Waals surface area contributed by atoms with Gasteiger partial charge in [0.05, 0.1) is 6.54 Å². The van der Waals surface area contributed by atoms with Gasteiger partial charge in [0.2, 0.25) is 5.91 Å². The van der Waals surface area contributed by atoms with Crippen LogP contribution in [0.1, 0.15) is 31.4 Å². The first-order chi connectivity index (χ1) is 10.1. The molecule has 3 rings (SSSR count). The first kappa shape index (κ1) is 13.9. The summed E-state index contributed by atoms with van der Waals surface area (Å²) >= 11 is 0. The summed E-state index contributed by atoms with van der Waals surface area (Å²) in [6.07, 6.45) is 1.67. The van der Waals surface area contributed by atoms with E-state index in [9.17, 15) is 9.59 Å². The van der Waals surface area contributed by atoms with Gasteiger partial charge in [-0.3, -0.25) is 9.69 Å². The second-order valence-corrected chi connectivity index (χ2v) is 5.49. The molecule has 2 saturated heterocycles. The van der Waals surface area contributed by atoms with Crippen molar-refractivity contribution in [2.75, 3.05) is 31.1 Å². The first-order valence-electron chi connectivity index (χ1n) is 7.32. The van der Waals surface area contributed by atoms with Crippen LogP contribution >= 0.6 is 0 Å². The van der Waals surface area contributed by atoms with E-state index in [1.54, 1.807) is 11.8 Å². The van der Waals surface area contributed by atoms with Gasteiger partial charge < -0.3 is 9.64 Å². The van der Waals surface area contributed by atoms with Crippen molar-refractivity contribution in [3.63, 3.8) is 0 Å². The number of cyclic esters (lactones) is 1. The number of hydrogen-bond donors (Lipinski definition) is 0. The van der Waals surface area contributed by atoms with Gasteiger partial charge in [-0.25, -0.2) is 9.78 Å². The van der Waals surface area contributed by atoms with Crippen molar-refractivity contribution >= 4 is 17.8 Å². The topological polar surface area (TPSA) is 62.7 Å². The molecule has 1 unspecified atom stereocenters. The predicted molar refractivity (Wildman–Crippen MR) is 77.2 cm³/mol. The molecule has 112 valence electrons. The molecule has 2 amide bonds. The predicted octanol–water partition coefficient (Wildman–Crippen LogP) is 1.76. The van der Waals surface area contributed by atoms with Crippen molar-refractivity contribution in [2.45, 2.75) is 25.7 Å². The first-order valence-corrected chi connectivity index (χ1v) is 7.32. The number of likely N-dealkylation sites (tertiary alicyclic amines) is 1. The minimum atomic E-state index is -0.339. The second kappa shape index (κ2) is 5.71. The molecule has 1 atom stereocenters. The van der Waals surface area contributed by atoms with Crippen LogP contribution in [0.25, 0.3) is 0 Å². The molecule has 0 aromatic carbocycles. The summed E-state index contributed by atoms with van der Waals surface area (Å²) in [7, 11) is 0. The summed E-state index contributed by atoms with van der Waals surface area (Å²) in [5.41, 5.74) is 0.943. The molecular weight excluding hydrogens is 270 g/mol. The Balaban J connectivity index is 1.79. The van der Waals surface area contributed by atoms with Crippen LogP contribution in [0, 0.1) is 0 Å². The smallest absolute Gasteiger partial charge is 0.415 e. The number of amides is 2. The highest BCUT2D eigenvalue weighted by Crippen LogP contribution is 2.27. The second-order valence-electron chi connectivity index (χ2n) is 5.49. The maximum Gasteiger partial charge on any atom is 0.415 e. The van der Waals surface area contributed by atoms with E-state index in [0.29, 0.717) is 25.5 Å². The zero-order valence-corrected chi connectivity index (χ0v) is 12.1. The van der Waals surface area contributed by atoms with E-state index in [4.69, 9.17) is 4.74 Å². The molecule has 0 radical (unpaired) electrons. The van der Waals surface area contributed by atoms with E-state index in [1.165, 1.54) is 0 Å². The number of carbonyl (C=O) groups excluding carboxylic acids is 2. The molecule has 2 aliphatic heterocycles. The maximum absolute atomic E-state index is 11.6. The lowest BCUT2D eigenvalue weighted by Gasteiger charge is -2.32. The maximum atomic E-state index is 11.6. The molecule has 6 heteroatoms. The van der Waals surface area contributed by atoms with Crippen LogP contribution in [-0.4, -0.2) is 48.1 Å². The number of ether oxygens (including phenoxy) is 1. The molecular formula is C15H19N3O3. The van der Waals surface area contributed by atoms with Crippen molar-refractivity contribution in [1.82, 2.24) is 9.88 Å². The zero-order chi connectivity index (χ0) is 14.8. The molecule has 0 aliphatic carbocycles. The molecule has 0 bridgehead atoms. The molecule has 6 nitrogen and oxygen atoms in total. The minimum absolute atomic E-state index is 0.110. The van der Waals surface area contributed by atoms with E-state index in [0.717, 1.165) is 25.1 Å². The van der Waals surface area contributed by atoms with E-state index in [2.05, 4.69) is 4.98 Å². The number of anilines is 1. The van der Waals surface area contributed by atoms with Gasteiger partial charge in [0.1, 0.15) is 12.4 Å². The average Bonchev–Trinajstić information content (AvgIpc) is 2.94. The SMILES string of the molecule is CC(=O)N1CCCC(c2cccc(N3CCOC3=O)n2)C1. The van der Waals surface area contributed by atoms with Gasteiger partial charge in [-0.05, 0) is 25.0 Å². The van der Waals surface area contributed by atoms with Crippen molar-refractivity contribution < 1.29 is 14.3 Å². The van der Waals surface area contributed by atoms with Gasteiger partial charge >= 0.3 is 6.09 Å². The monoisotopic (exact) mass is 289 g/mol. The van der Waals surface area contributed by atoms with Crippen molar-refractivity contribution in [3.05, 3.63) is 23.9 Å². The Morgan fingerprint density at radius 1 is 1.38 bits per heavy atom. The number of carbonyl (C=O) groups is 2. The Labute approximate surface area is 123 Å². The van der Waals surface area contributed by atoms with Gasteiger partial charge in [0, 0.05) is 31.6 Å². The summed E-state index contributed by atoms with van der Waals surface area (Å²) in [5.74, 6) is 0.982. The van der Waals surface area contributed by atoms with Crippen LogP contribution < -0.4 is 4.90 Å². The Hall–Kier alpha value is -2.11. The number of rotatable bonds is 2. The number of piperidine rings is 1. The fourth-order valence-corrected chi connectivity index (χ4v) is 2.92. The summed E-state index contributed by atoms with van der Waals surface area (Å²) in [5, 5.41) is 0. The standard InChI is InChI=1S/C15H19N3O3/c1-11(19)17-7-3-4-12(10-17)13-5-2-6-14(16-13)18-8-9-21-15(18)20/h2,5-6,12H,3-4,7-10H2,1H3. The van der Waals surface area contributed by atoms with Crippen LogP contribution in [0.4, 0.5) is 10.6 Å². The molecule has 2 aliphatic rings. The molecule has 1 aromatic rings. The minimum Gasteiger partial charge on any atom is -0.447 e. The number of pyridine rings is 1. The molecule has 3 heterocycles. The quantitative estimate of drug-likeness (QED) is 0.832. The fraction of sp³-hybridized carbons (Fsp3) is 0.533. The normalized spacial score (nSPS) is 22.3. The highest BCUT2D eigenvalue weighted by atomic mass is 16.6. The van der Waals surface area contributed by atoms with Gasteiger partial charge in [-0.2, -0.15) is 0 Å². The summed E-state index contributed by atoms with van der Waals surface area (Å²) in [6, 6.07) is 5.71. The lowest BCUT2D eigenvalue weighted by Crippen LogP contribution is -2.38. The number of nitrogens with zero attached hydrogens (tertiary/aromatic N) is 3. The van der Waals surface area contributed by atoms with Gasteiger partial charge in [-0.15, -0.1) is 0 Å². The lowest BCUT2D eigenvalue weighted by molar-refractivity contribution is -0.130. The third-order valence-electron chi connectivity index (χ3n) is 4.08. The fourth-order valence-electron chi connectivity index (χ4n) is 2.92. The number of hydrogen-bond acceptors (Lipinski definition) is 4. The third kappa shape index (κ3) is 2.84. The Bertz CT molecular complexity index is 561. The molecule has 1 aromatic heterocycles. The third-order valence-corrected chi connectivity index (χ3v) is 4.08. The zero-order valence-electron chi connectivity index (χ0n) is 12.1. The lowest BCUT2D eigenvalue weighted by atomic mass is 9.94. The Morgan fingerprint density at radius 3 is 2.95 bits per heavy atom. The average molecular weight is 289 g/mol. The Morgan fingerprint density at radius 2 is 2.24 bits per heavy atom. The largest absolute Gasteiger partial charge is 0.447 e. The summed E-state index contributed by atoms with van der Waals surface area (Å²) in [6.45, 7) is 4.08.